The maximum Gasteiger partial charge on any atom is 0.410 e. The monoisotopic (exact) mass is 421 g/mol. The molecule has 0 aliphatic carbocycles. The number of ether oxygens (including phenoxy) is 2. The summed E-state index contributed by atoms with van der Waals surface area (Å²) in [5.74, 6) is 0.931. The molecule has 3 fully saturated rings. The van der Waals surface area contributed by atoms with E-state index in [1.165, 1.54) is 18.5 Å². The van der Waals surface area contributed by atoms with Gasteiger partial charge in [-0.25, -0.2) is 4.79 Å². The van der Waals surface area contributed by atoms with E-state index in [2.05, 4.69) is 28.4 Å². The summed E-state index contributed by atoms with van der Waals surface area (Å²) in [7, 11) is 0. The minimum atomic E-state index is -0.238. The molecule has 3 heterocycles. The SMILES string of the molecule is O=C(OCc1ccccc1)N1CCC(Oc2cccc(N3C4CCC3CNC4)c2)CC1. The zero-order valence-corrected chi connectivity index (χ0v) is 17.9. The minimum Gasteiger partial charge on any atom is -0.490 e. The molecule has 2 unspecified atom stereocenters. The van der Waals surface area contributed by atoms with Gasteiger partial charge >= 0.3 is 6.09 Å². The van der Waals surface area contributed by atoms with Crippen LogP contribution in [0.5, 0.6) is 5.75 Å². The van der Waals surface area contributed by atoms with E-state index in [9.17, 15) is 4.79 Å². The van der Waals surface area contributed by atoms with Gasteiger partial charge in [-0.05, 0) is 30.5 Å². The second kappa shape index (κ2) is 9.18. The molecule has 2 bridgehead atoms. The van der Waals surface area contributed by atoms with Gasteiger partial charge < -0.3 is 24.6 Å². The molecule has 0 saturated carbocycles. The third-order valence-corrected chi connectivity index (χ3v) is 6.70. The van der Waals surface area contributed by atoms with Crippen LogP contribution in [0.1, 0.15) is 31.2 Å². The predicted octanol–water partition coefficient (Wildman–Crippen LogP) is 3.81. The Balaban J connectivity index is 1.12. The van der Waals surface area contributed by atoms with Crippen LogP contribution in [0.25, 0.3) is 0 Å². The quantitative estimate of drug-likeness (QED) is 0.796. The van der Waals surface area contributed by atoms with E-state index in [4.69, 9.17) is 9.47 Å². The van der Waals surface area contributed by atoms with Gasteiger partial charge in [-0.2, -0.15) is 0 Å². The Kier molecular flexibility index (Phi) is 5.98. The summed E-state index contributed by atoms with van der Waals surface area (Å²) in [5, 5.41) is 3.54. The van der Waals surface area contributed by atoms with Crippen molar-refractivity contribution in [3.05, 3.63) is 60.2 Å². The summed E-state index contributed by atoms with van der Waals surface area (Å²) >= 11 is 0. The van der Waals surface area contributed by atoms with Gasteiger partial charge in [0.15, 0.2) is 0 Å². The van der Waals surface area contributed by atoms with Crippen LogP contribution >= 0.6 is 0 Å². The molecular weight excluding hydrogens is 390 g/mol. The van der Waals surface area contributed by atoms with Crippen molar-refractivity contribution in [2.75, 3.05) is 31.1 Å². The average Bonchev–Trinajstić information content (AvgIpc) is 3.07. The predicted molar refractivity (Wildman–Crippen MR) is 120 cm³/mol. The topological polar surface area (TPSA) is 54.0 Å². The van der Waals surface area contributed by atoms with E-state index in [0.29, 0.717) is 31.8 Å². The van der Waals surface area contributed by atoms with Gasteiger partial charge in [0.1, 0.15) is 18.5 Å². The normalized spacial score (nSPS) is 23.6. The molecule has 0 radical (unpaired) electrons. The van der Waals surface area contributed by atoms with Crippen LogP contribution < -0.4 is 15.0 Å². The molecule has 5 rings (SSSR count). The highest BCUT2D eigenvalue weighted by Gasteiger charge is 2.36. The summed E-state index contributed by atoms with van der Waals surface area (Å²) in [4.78, 5) is 16.7. The van der Waals surface area contributed by atoms with Crippen LogP contribution in [-0.2, 0) is 11.3 Å². The summed E-state index contributed by atoms with van der Waals surface area (Å²) < 4.78 is 11.8. The zero-order valence-electron chi connectivity index (χ0n) is 17.9. The van der Waals surface area contributed by atoms with Crippen LogP contribution in [0.3, 0.4) is 0 Å². The number of likely N-dealkylation sites (tertiary alicyclic amines) is 1. The van der Waals surface area contributed by atoms with Gasteiger partial charge in [-0.3, -0.25) is 0 Å². The van der Waals surface area contributed by atoms with Crippen LogP contribution in [0, 0.1) is 0 Å². The third-order valence-electron chi connectivity index (χ3n) is 6.70. The molecule has 3 aliphatic rings. The van der Waals surface area contributed by atoms with E-state index in [-0.39, 0.29) is 12.2 Å². The molecule has 3 saturated heterocycles. The Hall–Kier alpha value is -2.73. The largest absolute Gasteiger partial charge is 0.490 e. The molecule has 3 aliphatic heterocycles. The number of fused-ring (bicyclic) bond motifs is 2. The first-order valence-electron chi connectivity index (χ1n) is 11.5. The third kappa shape index (κ3) is 4.64. The summed E-state index contributed by atoms with van der Waals surface area (Å²) in [6, 6.07) is 19.5. The first kappa shape index (κ1) is 20.2. The molecule has 164 valence electrons. The van der Waals surface area contributed by atoms with Crippen molar-refractivity contribution in [1.29, 1.82) is 0 Å². The number of hydrogen-bond donors (Lipinski definition) is 1. The van der Waals surface area contributed by atoms with Gasteiger partial charge in [-0.15, -0.1) is 0 Å². The lowest BCUT2D eigenvalue weighted by atomic mass is 10.1. The Morgan fingerprint density at radius 1 is 0.935 bits per heavy atom. The van der Waals surface area contributed by atoms with Gasteiger partial charge in [0, 0.05) is 62.9 Å². The molecule has 2 aromatic rings. The van der Waals surface area contributed by atoms with E-state index < -0.39 is 0 Å². The molecule has 1 N–H and O–H groups in total. The highest BCUT2D eigenvalue weighted by molar-refractivity contribution is 5.67. The van der Waals surface area contributed by atoms with Crippen molar-refractivity contribution >= 4 is 11.8 Å². The van der Waals surface area contributed by atoms with E-state index in [1.54, 1.807) is 4.90 Å². The highest BCUT2D eigenvalue weighted by atomic mass is 16.6. The number of nitrogens with one attached hydrogen (secondary N) is 1. The van der Waals surface area contributed by atoms with Crippen LogP contribution in [0.2, 0.25) is 0 Å². The van der Waals surface area contributed by atoms with Crippen LogP contribution in [0.15, 0.2) is 54.6 Å². The molecule has 6 heteroatoms. The lowest BCUT2D eigenvalue weighted by Gasteiger charge is -2.37. The number of nitrogens with zero attached hydrogens (tertiary/aromatic N) is 2. The van der Waals surface area contributed by atoms with Crippen molar-refractivity contribution < 1.29 is 14.3 Å². The first-order valence-corrected chi connectivity index (χ1v) is 11.5. The number of piperazine rings is 1. The lowest BCUT2D eigenvalue weighted by Crippen LogP contribution is -2.52. The Labute approximate surface area is 184 Å². The van der Waals surface area contributed by atoms with Gasteiger partial charge in [0.25, 0.3) is 0 Å². The van der Waals surface area contributed by atoms with Crippen molar-refractivity contribution in [2.45, 2.75) is 50.5 Å². The number of piperidine rings is 1. The second-order valence-electron chi connectivity index (χ2n) is 8.79. The van der Waals surface area contributed by atoms with E-state index in [1.807, 2.05) is 36.4 Å². The van der Waals surface area contributed by atoms with Crippen molar-refractivity contribution in [3.63, 3.8) is 0 Å². The number of rotatable bonds is 5. The maximum atomic E-state index is 12.4. The summed E-state index contributed by atoms with van der Waals surface area (Å²) in [6.07, 6.45) is 4.07. The maximum absolute atomic E-state index is 12.4. The van der Waals surface area contributed by atoms with Crippen molar-refractivity contribution in [1.82, 2.24) is 10.2 Å². The number of carbonyl (C=O) groups excluding carboxylic acids is 1. The van der Waals surface area contributed by atoms with Crippen molar-refractivity contribution in [2.24, 2.45) is 0 Å². The minimum absolute atomic E-state index is 0.133. The zero-order chi connectivity index (χ0) is 21.0. The summed E-state index contributed by atoms with van der Waals surface area (Å²) in [5.41, 5.74) is 2.28. The standard InChI is InChI=1S/C25H31N3O3/c29-25(30-18-19-5-2-1-3-6-19)27-13-11-23(12-14-27)31-24-8-4-7-20(15-24)28-21-9-10-22(28)17-26-16-21/h1-8,15,21-23,26H,9-14,16-18H2. The Morgan fingerprint density at radius 2 is 1.68 bits per heavy atom. The average molecular weight is 422 g/mol. The highest BCUT2D eigenvalue weighted by Crippen LogP contribution is 2.34. The fraction of sp³-hybridized carbons (Fsp3) is 0.480. The fourth-order valence-corrected chi connectivity index (χ4v) is 5.08. The Morgan fingerprint density at radius 3 is 2.42 bits per heavy atom. The molecule has 0 spiro atoms. The molecular formula is C25H31N3O3. The van der Waals surface area contributed by atoms with E-state index in [0.717, 1.165) is 37.2 Å². The second-order valence-corrected chi connectivity index (χ2v) is 8.79. The van der Waals surface area contributed by atoms with Crippen LogP contribution in [-0.4, -0.2) is 55.4 Å². The molecule has 6 nitrogen and oxygen atoms in total. The number of anilines is 1. The molecule has 2 aromatic carbocycles. The first-order chi connectivity index (χ1) is 15.3. The number of benzene rings is 2. The number of hydrogen-bond acceptors (Lipinski definition) is 5. The van der Waals surface area contributed by atoms with Gasteiger partial charge in [0.05, 0.1) is 0 Å². The smallest absolute Gasteiger partial charge is 0.410 e. The molecule has 0 aromatic heterocycles. The van der Waals surface area contributed by atoms with Gasteiger partial charge in [-0.1, -0.05) is 36.4 Å². The van der Waals surface area contributed by atoms with E-state index >= 15 is 0 Å². The van der Waals surface area contributed by atoms with Crippen LogP contribution in [0.4, 0.5) is 10.5 Å². The number of amides is 1. The molecule has 2 atom stereocenters. The lowest BCUT2D eigenvalue weighted by molar-refractivity contribution is 0.0638. The Bertz CT molecular complexity index is 867. The van der Waals surface area contributed by atoms with Crippen molar-refractivity contribution in [3.8, 4) is 5.75 Å². The van der Waals surface area contributed by atoms with Gasteiger partial charge in [0.2, 0.25) is 0 Å². The fourth-order valence-electron chi connectivity index (χ4n) is 5.08. The summed E-state index contributed by atoms with van der Waals surface area (Å²) in [6.45, 7) is 3.79. The molecule has 1 amide bonds. The number of carbonyl (C=O) groups is 1. The molecule has 31 heavy (non-hydrogen) atoms.